The summed E-state index contributed by atoms with van der Waals surface area (Å²) in [7, 11) is -3.07. The highest BCUT2D eigenvalue weighted by atomic mass is 32.2. The number of hydrogen-bond donors (Lipinski definition) is 0. The second-order valence-electron chi connectivity index (χ2n) is 3.86. The van der Waals surface area contributed by atoms with Crippen LogP contribution >= 0.6 is 23.1 Å². The molecule has 1 atom stereocenters. The zero-order valence-electron chi connectivity index (χ0n) is 8.87. The van der Waals surface area contributed by atoms with Gasteiger partial charge < -0.3 is 0 Å². The van der Waals surface area contributed by atoms with Crippen molar-refractivity contribution in [3.8, 4) is 0 Å². The molecule has 88 valence electrons. The Morgan fingerprint density at radius 3 is 2.76 bits per heavy atom. The van der Waals surface area contributed by atoms with Crippen LogP contribution in [-0.2, 0) is 9.84 Å². The smallest absolute Gasteiger partial charge is 0.180 e. The molecule has 0 saturated carbocycles. The molecule has 0 N–H and O–H groups in total. The average Bonchev–Trinajstić information content (AvgIpc) is 2.88. The molecular weight excluding hydrogens is 272 g/mol. The van der Waals surface area contributed by atoms with E-state index in [9.17, 15) is 8.42 Å². The predicted molar refractivity (Wildman–Crippen MR) is 71.4 cm³/mol. The first-order valence-electron chi connectivity index (χ1n) is 5.19. The van der Waals surface area contributed by atoms with Crippen LogP contribution in [0.5, 0.6) is 0 Å². The molecule has 0 bridgehead atoms. The minimum atomic E-state index is -3.07. The van der Waals surface area contributed by atoms with Crippen molar-refractivity contribution in [3.05, 3.63) is 47.3 Å². The molecule has 17 heavy (non-hydrogen) atoms. The zero-order valence-corrected chi connectivity index (χ0v) is 11.3. The monoisotopic (exact) mass is 282 g/mol. The maximum absolute atomic E-state index is 12.0. The summed E-state index contributed by atoms with van der Waals surface area (Å²) in [6, 6.07) is 11.3. The number of sulfone groups is 1. The van der Waals surface area contributed by atoms with Gasteiger partial charge in [-0.2, -0.15) is 0 Å². The van der Waals surface area contributed by atoms with Crippen LogP contribution in [-0.4, -0.2) is 14.2 Å². The Hall–Kier alpha value is -0.780. The first kappa shape index (κ1) is 11.3. The lowest BCUT2D eigenvalue weighted by molar-refractivity contribution is 0.600. The number of thioether (sulfide) groups is 1. The Morgan fingerprint density at radius 2 is 2.00 bits per heavy atom. The molecule has 1 aromatic carbocycles. The molecule has 0 fully saturated rings. The number of benzene rings is 1. The third kappa shape index (κ3) is 2.03. The second-order valence-corrected chi connectivity index (χ2v) is 8.31. The summed E-state index contributed by atoms with van der Waals surface area (Å²) in [4.78, 5) is 0.508. The first-order valence-corrected chi connectivity index (χ1v) is 8.60. The third-order valence-electron chi connectivity index (χ3n) is 2.73. The lowest BCUT2D eigenvalue weighted by atomic mass is 10.2. The standard InChI is InChI=1S/C12H10O2S3/c13-17(14)8-10(16-12-6-3-7-15-12)9-4-1-2-5-11(9)17/h1-7,10H,8H2/t10-/m1/s1. The van der Waals surface area contributed by atoms with Gasteiger partial charge in [-0.05, 0) is 23.1 Å². The van der Waals surface area contributed by atoms with E-state index in [0.29, 0.717) is 4.90 Å². The van der Waals surface area contributed by atoms with Gasteiger partial charge in [0.1, 0.15) is 0 Å². The molecule has 1 aromatic heterocycles. The summed E-state index contributed by atoms with van der Waals surface area (Å²) < 4.78 is 25.1. The van der Waals surface area contributed by atoms with E-state index in [-0.39, 0.29) is 11.0 Å². The largest absolute Gasteiger partial charge is 0.224 e. The molecule has 0 unspecified atom stereocenters. The molecule has 0 aliphatic carbocycles. The van der Waals surface area contributed by atoms with Gasteiger partial charge in [-0.25, -0.2) is 8.42 Å². The van der Waals surface area contributed by atoms with Gasteiger partial charge in [0.15, 0.2) is 9.84 Å². The van der Waals surface area contributed by atoms with Gasteiger partial charge in [-0.15, -0.1) is 23.1 Å². The minimum Gasteiger partial charge on any atom is -0.224 e. The van der Waals surface area contributed by atoms with E-state index in [0.717, 1.165) is 5.56 Å². The van der Waals surface area contributed by atoms with Gasteiger partial charge in [0.25, 0.3) is 0 Å². The molecular formula is C12H10O2S3. The van der Waals surface area contributed by atoms with Crippen LogP contribution in [0.2, 0.25) is 0 Å². The number of thiophene rings is 1. The molecule has 0 radical (unpaired) electrons. The Labute approximate surface area is 109 Å². The molecule has 3 rings (SSSR count). The quantitative estimate of drug-likeness (QED) is 0.847. The highest BCUT2D eigenvalue weighted by Gasteiger charge is 2.34. The van der Waals surface area contributed by atoms with E-state index in [4.69, 9.17) is 0 Å². The Kier molecular flexibility index (Phi) is 2.77. The molecule has 0 amide bonds. The van der Waals surface area contributed by atoms with Crippen molar-refractivity contribution in [2.45, 2.75) is 14.4 Å². The molecule has 2 heterocycles. The van der Waals surface area contributed by atoms with E-state index in [1.54, 1.807) is 35.2 Å². The van der Waals surface area contributed by atoms with Crippen LogP contribution in [0.25, 0.3) is 0 Å². The van der Waals surface area contributed by atoms with Crippen molar-refractivity contribution in [1.29, 1.82) is 0 Å². The van der Waals surface area contributed by atoms with Crippen molar-refractivity contribution < 1.29 is 8.42 Å². The molecule has 1 aliphatic rings. The fraction of sp³-hybridized carbons (Fsp3) is 0.167. The second kappa shape index (κ2) is 4.15. The normalized spacial score (nSPS) is 21.3. The Morgan fingerprint density at radius 1 is 1.18 bits per heavy atom. The maximum Gasteiger partial charge on any atom is 0.180 e. The van der Waals surface area contributed by atoms with Crippen molar-refractivity contribution in [3.63, 3.8) is 0 Å². The lowest BCUT2D eigenvalue weighted by Crippen LogP contribution is -2.00. The van der Waals surface area contributed by atoms with Gasteiger partial charge in [0.05, 0.1) is 20.1 Å². The molecule has 2 aromatic rings. The van der Waals surface area contributed by atoms with Crippen LogP contribution < -0.4 is 0 Å². The minimum absolute atomic E-state index is 0.0369. The summed E-state index contributed by atoms with van der Waals surface area (Å²) in [5, 5.41) is 2.05. The number of hydrogen-bond acceptors (Lipinski definition) is 4. The van der Waals surface area contributed by atoms with Crippen molar-refractivity contribution in [2.75, 3.05) is 5.75 Å². The fourth-order valence-corrected chi connectivity index (χ4v) is 6.43. The summed E-state index contributed by atoms with van der Waals surface area (Å²) in [5.41, 5.74) is 0.950. The highest BCUT2D eigenvalue weighted by molar-refractivity contribution is 8.03. The van der Waals surface area contributed by atoms with Gasteiger partial charge >= 0.3 is 0 Å². The average molecular weight is 282 g/mol. The molecule has 5 heteroatoms. The summed E-state index contributed by atoms with van der Waals surface area (Å²) in [5.74, 6) is 0.217. The van der Waals surface area contributed by atoms with Gasteiger partial charge in [0.2, 0.25) is 0 Å². The number of rotatable bonds is 2. The first-order chi connectivity index (χ1) is 8.17. The van der Waals surface area contributed by atoms with Crippen LogP contribution in [0.3, 0.4) is 0 Å². The molecule has 1 aliphatic heterocycles. The van der Waals surface area contributed by atoms with E-state index in [2.05, 4.69) is 0 Å². The van der Waals surface area contributed by atoms with E-state index < -0.39 is 9.84 Å². The molecule has 2 nitrogen and oxygen atoms in total. The lowest BCUT2D eigenvalue weighted by Gasteiger charge is -2.07. The fourth-order valence-electron chi connectivity index (χ4n) is 1.98. The summed E-state index contributed by atoms with van der Waals surface area (Å²) in [6.07, 6.45) is 0. The Bertz CT molecular complexity index is 630. The van der Waals surface area contributed by atoms with E-state index >= 15 is 0 Å². The van der Waals surface area contributed by atoms with Crippen LogP contribution in [0.4, 0.5) is 0 Å². The molecule has 0 spiro atoms. The SMILES string of the molecule is O=S1(=O)C[C@@H](Sc2cccs2)c2ccccc21. The highest BCUT2D eigenvalue weighted by Crippen LogP contribution is 2.45. The van der Waals surface area contributed by atoms with Crippen LogP contribution in [0, 0.1) is 0 Å². The van der Waals surface area contributed by atoms with Crippen molar-refractivity contribution in [1.82, 2.24) is 0 Å². The van der Waals surface area contributed by atoms with Gasteiger partial charge in [0, 0.05) is 0 Å². The molecule has 0 saturated heterocycles. The predicted octanol–water partition coefficient (Wildman–Crippen LogP) is 3.37. The van der Waals surface area contributed by atoms with Crippen LogP contribution in [0.15, 0.2) is 50.9 Å². The third-order valence-corrected chi connectivity index (χ3v) is 7.06. The Balaban J connectivity index is 2.00. The van der Waals surface area contributed by atoms with E-state index in [1.165, 1.54) is 4.21 Å². The zero-order chi connectivity index (χ0) is 11.9. The van der Waals surface area contributed by atoms with Gasteiger partial charge in [-0.3, -0.25) is 0 Å². The van der Waals surface area contributed by atoms with E-state index in [1.807, 2.05) is 29.6 Å². The van der Waals surface area contributed by atoms with Crippen molar-refractivity contribution in [2.24, 2.45) is 0 Å². The topological polar surface area (TPSA) is 34.1 Å². The summed E-state index contributed by atoms with van der Waals surface area (Å²) >= 11 is 3.29. The maximum atomic E-state index is 12.0. The van der Waals surface area contributed by atoms with Crippen molar-refractivity contribution >= 4 is 32.9 Å². The van der Waals surface area contributed by atoms with Gasteiger partial charge in [-0.1, -0.05) is 24.3 Å². The van der Waals surface area contributed by atoms with Crippen LogP contribution in [0.1, 0.15) is 10.8 Å². The summed E-state index contributed by atoms with van der Waals surface area (Å²) in [6.45, 7) is 0. The number of fused-ring (bicyclic) bond motifs is 1.